The molecule has 757 valence electrons. The van der Waals surface area contributed by atoms with Gasteiger partial charge in [0.15, 0.2) is 28.9 Å². The van der Waals surface area contributed by atoms with Crippen LogP contribution in [0.15, 0.2) is 229 Å². The van der Waals surface area contributed by atoms with Gasteiger partial charge in [-0.25, -0.2) is 0 Å². The molecule has 5 aromatic heterocycles. The monoisotopic (exact) mass is 2790 g/mol. The smallest absolute Gasteiger partial charge is 0.155 e. The first-order valence-electron chi connectivity index (χ1n) is 45.5. The number of aliphatic hydroxyl groups excluding tert-OH is 5. The Kier molecular flexibility index (Phi) is 55.1. The van der Waals surface area contributed by atoms with Gasteiger partial charge in [-0.2, -0.15) is 0 Å². The number of aliphatic hydroxyl groups is 5. The molecule has 0 amide bonds. The fraction of sp³-hybridized carbons (Fsp3) is 0.262. The molecule has 0 fully saturated rings. The van der Waals surface area contributed by atoms with Crippen molar-refractivity contribution in [1.82, 2.24) is 24.9 Å². The van der Waals surface area contributed by atoms with E-state index in [2.05, 4.69) is 346 Å². The Morgan fingerprint density at radius 3 is 0.824 bits per heavy atom. The number of aryl methyl sites for hydroxylation is 19. The molecular formula is C122H134Ir5N5O10-5. The second kappa shape index (κ2) is 60.9. The molecule has 5 N–H and O–H groups in total. The van der Waals surface area contributed by atoms with Gasteiger partial charge in [0.1, 0.15) is 0 Å². The normalized spacial score (nSPS) is 10.7. The first-order valence-corrected chi connectivity index (χ1v) is 45.5. The molecule has 0 saturated heterocycles. The van der Waals surface area contributed by atoms with E-state index in [-0.39, 0.29) is 158 Å². The number of aromatic nitrogens is 5. The Morgan fingerprint density at radius 2 is 0.514 bits per heavy atom. The van der Waals surface area contributed by atoms with Gasteiger partial charge in [-0.15, -0.1) is 173 Å². The van der Waals surface area contributed by atoms with Crippen LogP contribution < -0.4 is 0 Å². The molecule has 0 unspecified atom stereocenters. The van der Waals surface area contributed by atoms with E-state index in [1.807, 2.05) is 6.07 Å². The number of benzene rings is 10. The molecule has 20 heteroatoms. The molecule has 5 heterocycles. The Balaban J connectivity index is 0.000000812. The van der Waals surface area contributed by atoms with Crippen LogP contribution in [0.2, 0.25) is 0 Å². The van der Waals surface area contributed by atoms with Crippen LogP contribution in [0.3, 0.4) is 0 Å². The molecule has 142 heavy (non-hydrogen) atoms. The molecule has 10 aromatic carbocycles. The summed E-state index contributed by atoms with van der Waals surface area (Å²) >= 11 is 0. The maximum absolute atomic E-state index is 10.0. The minimum absolute atomic E-state index is 0. The van der Waals surface area contributed by atoms with Gasteiger partial charge < -0.3 is 25.5 Å². The second-order valence-corrected chi connectivity index (χ2v) is 35.6. The SMILES string of the molecule is CC(=O)C=C(C)O.CC(=O)C=C(C)O.CC(=O)C=C(C)O.CC(=O)C=C(C)O.CC(=O)C=C(C)O.Cc1[c-]c(-c2nc3ccc(C)cc3cc2C)c(C)c(C)c1.Cc1[c-]c(-c2nc3ccc(C)cc3cc2C)c(C)cc1.Cc1[c-]c(-c2nc3ccc(C)cc3cc2C)cc(C)c1.Cc1ccc2nc(-c3[c-]cc(C)c(C)c3)c(C)cc2c1.Cc1ccc2nc(-c3[c-]cc(C)c(C)c3C)c(C)cc2c1.[Ir].[Ir].[Ir].[Ir].[Ir]. The first kappa shape index (κ1) is 129. The number of allylic oxidation sites excluding steroid dienone is 10. The summed E-state index contributed by atoms with van der Waals surface area (Å²) in [6.07, 6.45) is 5.83. The number of fused-ring (bicyclic) bond motifs is 5. The maximum Gasteiger partial charge on any atom is 0.155 e. The molecule has 15 aromatic rings. The van der Waals surface area contributed by atoms with Crippen LogP contribution in [-0.4, -0.2) is 79.4 Å². The molecular weight excluding hydrogens is 2660 g/mol. The van der Waals surface area contributed by atoms with E-state index in [9.17, 15) is 24.0 Å². The zero-order valence-electron chi connectivity index (χ0n) is 87.7. The number of pyridine rings is 5. The molecule has 15 rings (SSSR count). The Bertz CT molecular complexity index is 6960. The Labute approximate surface area is 909 Å². The van der Waals surface area contributed by atoms with Crippen molar-refractivity contribution in [3.8, 4) is 56.3 Å². The van der Waals surface area contributed by atoms with E-state index in [1.54, 1.807) is 0 Å². The van der Waals surface area contributed by atoms with E-state index in [0.717, 1.165) is 95.0 Å². The van der Waals surface area contributed by atoms with Crippen molar-refractivity contribution in [2.24, 2.45) is 0 Å². The van der Waals surface area contributed by atoms with Crippen molar-refractivity contribution < 1.29 is 150 Å². The summed E-state index contributed by atoms with van der Waals surface area (Å²) in [5.41, 5.74) is 43.3. The molecule has 15 nitrogen and oxygen atoms in total. The quantitative estimate of drug-likeness (QED) is 0.0485. The molecule has 0 aliphatic rings. The van der Waals surface area contributed by atoms with Gasteiger partial charge in [0.05, 0.1) is 56.4 Å². The number of rotatable bonds is 10. The number of hydrogen-bond acceptors (Lipinski definition) is 15. The third-order valence-corrected chi connectivity index (χ3v) is 21.6. The number of hydrogen-bond donors (Lipinski definition) is 5. The summed E-state index contributed by atoms with van der Waals surface area (Å²) in [7, 11) is 0. The van der Waals surface area contributed by atoms with Gasteiger partial charge in [0, 0.05) is 131 Å². The third kappa shape index (κ3) is 41.5. The van der Waals surface area contributed by atoms with Crippen LogP contribution in [0.25, 0.3) is 111 Å². The predicted molar refractivity (Wildman–Crippen MR) is 570 cm³/mol. The molecule has 0 bridgehead atoms. The maximum atomic E-state index is 10.0. The summed E-state index contributed by atoms with van der Waals surface area (Å²) in [6, 6.07) is 77.2. The molecule has 5 radical (unpaired) electrons. The first-order chi connectivity index (χ1) is 64.2. The minimum Gasteiger partial charge on any atom is -0.512 e. The van der Waals surface area contributed by atoms with Crippen LogP contribution in [-0.2, 0) is 124 Å². The van der Waals surface area contributed by atoms with Crippen molar-refractivity contribution >= 4 is 83.4 Å². The summed E-state index contributed by atoms with van der Waals surface area (Å²) in [5, 5.41) is 47.8. The number of carbonyl (C=O) groups is 5. The minimum atomic E-state index is -0.125. The van der Waals surface area contributed by atoms with Gasteiger partial charge >= 0.3 is 0 Å². The largest absolute Gasteiger partial charge is 0.512 e. The molecule has 0 atom stereocenters. The zero-order valence-corrected chi connectivity index (χ0v) is 99.7. The van der Waals surface area contributed by atoms with Gasteiger partial charge in [-0.3, -0.25) is 48.9 Å². The average molecular weight is 2790 g/mol. The van der Waals surface area contributed by atoms with Gasteiger partial charge in [0.25, 0.3) is 0 Å². The van der Waals surface area contributed by atoms with E-state index in [4.69, 9.17) is 50.5 Å². The van der Waals surface area contributed by atoms with Crippen LogP contribution in [0.1, 0.15) is 192 Å². The number of ketones is 5. The van der Waals surface area contributed by atoms with Crippen LogP contribution in [0.5, 0.6) is 0 Å². The van der Waals surface area contributed by atoms with Crippen molar-refractivity contribution in [1.29, 1.82) is 0 Å². The van der Waals surface area contributed by atoms with Crippen LogP contribution >= 0.6 is 0 Å². The Hall–Kier alpha value is -11.5. The van der Waals surface area contributed by atoms with E-state index >= 15 is 0 Å². The van der Waals surface area contributed by atoms with Crippen molar-refractivity contribution in [2.45, 2.75) is 222 Å². The topological polar surface area (TPSA) is 251 Å². The fourth-order valence-corrected chi connectivity index (χ4v) is 14.9. The number of nitrogens with zero attached hydrogens (tertiary/aromatic N) is 5. The zero-order chi connectivity index (χ0) is 102. The molecule has 0 aliphatic heterocycles. The van der Waals surface area contributed by atoms with E-state index in [0.29, 0.717) is 0 Å². The van der Waals surface area contributed by atoms with Gasteiger partial charge in [-0.1, -0.05) is 199 Å². The molecule has 0 spiro atoms. The number of carbonyl (C=O) groups excluding carboxylic acids is 5. The summed E-state index contributed by atoms with van der Waals surface area (Å²) < 4.78 is 0. The average Bonchev–Trinajstić information content (AvgIpc) is 0.751. The summed E-state index contributed by atoms with van der Waals surface area (Å²) in [6.45, 7) is 60.9. The standard InChI is InChI=1S/2C20H20N.3C19H18N.5C5H8O2.5Ir/c1-12-6-9-19-17(10-12)11-14(3)20(21-19)18-8-7-13(2)15(4)16(18)5;1-12-6-7-19-17(9-12)11-15(4)20(21-19)18-10-13(2)8-14(3)16(18)5;1-12-5-8-18-17(9-12)11-15(4)19(20-18)16-7-6-13(2)14(3)10-16;1-12-6-8-18-16(9-12)11-15(4)19(20-18)17-10-13(2)5-7-14(17)3;1-12-5-6-18-16(8-12)11-15(4)19(20-18)17-9-13(2)7-14(3)10-17;5*1-4(6)3-5(2)7;;;;;/h6-7,9-11H,1-5H3;6-9,11H,1-5H3;5-6,8-11H,1-4H3;2*5-9,11H,1-4H3;5*3,6H,1-2H3;;;;;/q5*-1;;;;;;;;;;. The fourth-order valence-electron chi connectivity index (χ4n) is 14.9. The van der Waals surface area contributed by atoms with E-state index in [1.165, 1.54) is 238 Å². The Morgan fingerprint density at radius 1 is 0.225 bits per heavy atom. The molecule has 0 saturated carbocycles. The van der Waals surface area contributed by atoms with Crippen molar-refractivity contribution in [2.75, 3.05) is 0 Å². The second-order valence-electron chi connectivity index (χ2n) is 35.6. The third-order valence-electron chi connectivity index (χ3n) is 21.6. The van der Waals surface area contributed by atoms with Crippen molar-refractivity contribution in [3.63, 3.8) is 0 Å². The predicted octanol–water partition coefficient (Wildman–Crippen LogP) is 30.5. The van der Waals surface area contributed by atoms with Crippen LogP contribution in [0.4, 0.5) is 0 Å². The summed E-state index contributed by atoms with van der Waals surface area (Å²) in [5.74, 6) is -0.312. The van der Waals surface area contributed by atoms with Gasteiger partial charge in [-0.05, 0) is 255 Å². The summed E-state index contributed by atoms with van der Waals surface area (Å²) in [4.78, 5) is 74.4. The van der Waals surface area contributed by atoms with E-state index < -0.39 is 0 Å². The van der Waals surface area contributed by atoms with Gasteiger partial charge in [0.2, 0.25) is 0 Å². The van der Waals surface area contributed by atoms with Crippen molar-refractivity contribution in [3.05, 3.63) is 382 Å². The molecule has 0 aliphatic carbocycles. The van der Waals surface area contributed by atoms with Crippen LogP contribution in [0, 0.1) is 183 Å².